The first kappa shape index (κ1) is 50.5. The van der Waals surface area contributed by atoms with Gasteiger partial charge in [-0.25, -0.2) is 34.1 Å². The first-order valence-corrected chi connectivity index (χ1v) is 27.6. The number of carbonyl (C=O) groups is 3. The van der Waals surface area contributed by atoms with Gasteiger partial charge >= 0.3 is 18.1 Å². The lowest BCUT2D eigenvalue weighted by Gasteiger charge is -2.60. The third-order valence-electron chi connectivity index (χ3n) is 20.8. The minimum atomic E-state index is -1.25. The van der Waals surface area contributed by atoms with E-state index in [1.807, 2.05) is 27.7 Å². The van der Waals surface area contributed by atoms with Crippen LogP contribution in [0, 0.1) is 71.0 Å². The molecule has 3 spiro atoms. The predicted octanol–water partition coefficient (Wildman–Crippen LogP) is 8.08. The van der Waals surface area contributed by atoms with E-state index >= 15 is 0 Å². The largest absolute Gasteiger partial charge is 0.511 e. The van der Waals surface area contributed by atoms with Crippen molar-refractivity contribution in [3.05, 3.63) is 0 Å². The van der Waals surface area contributed by atoms with Crippen LogP contribution in [-0.2, 0) is 86.3 Å². The van der Waals surface area contributed by atoms with Gasteiger partial charge in [-0.2, -0.15) is 0 Å². The lowest BCUT2D eigenvalue weighted by atomic mass is 9.57. The summed E-state index contributed by atoms with van der Waals surface area (Å²) in [6.45, 7) is 17.6. The number of ether oxygens (including phenoxy) is 10. The van der Waals surface area contributed by atoms with Gasteiger partial charge in [0.05, 0.1) is 25.0 Å². The minimum absolute atomic E-state index is 0.0172. The molecule has 0 aromatic heterocycles. The van der Waals surface area contributed by atoms with E-state index in [4.69, 9.17) is 76.7 Å². The van der Waals surface area contributed by atoms with Gasteiger partial charge in [-0.1, -0.05) is 41.5 Å². The maximum Gasteiger partial charge on any atom is 0.511 e. The average molecular weight is 1020 g/mol. The predicted molar refractivity (Wildman–Crippen MR) is 243 cm³/mol. The van der Waals surface area contributed by atoms with Crippen LogP contribution in [0.5, 0.6) is 0 Å². The molecule has 3 saturated carbocycles. The summed E-state index contributed by atoms with van der Waals surface area (Å²) in [4.78, 5) is 78.7. The number of hydrogen-bond donors (Lipinski definition) is 0. The van der Waals surface area contributed by atoms with Crippen LogP contribution in [0.1, 0.15) is 152 Å². The monoisotopic (exact) mass is 1020 g/mol. The highest BCUT2D eigenvalue weighted by Gasteiger charge is 2.73. The van der Waals surface area contributed by atoms with Crippen LogP contribution in [0.4, 0.5) is 4.79 Å². The molecule has 12 aliphatic heterocycles. The lowest BCUT2D eigenvalue weighted by Crippen LogP contribution is -2.70. The lowest BCUT2D eigenvalue weighted by molar-refractivity contribution is -0.576. The average Bonchev–Trinajstić information content (AvgIpc) is 3.82. The first-order chi connectivity index (χ1) is 34.3. The standard InChI is InChI=1S/C53H78O19/c1-26-10-13-36-29(4)39(60-44-51(36)33(26)16-19-48(7,64-44)67-70-51)22-41(54)57-24-32(59-47(56)63-43-31(6)38-15-12-28(3)35-18-21-50(9)66-46(62-43)53(35,38)72-69-50)25-58-42(55)23-40-30(5)37-14-11-27(2)34-17-20-49(8)65-45(61-40)52(34,37)71-68-49/h26-40,43-46H,10-25H2,1-9H3/t26-,27-,28-,29-,30-,31-,32?,33+,34+,35+,36+,37+,38+,39?,40?,43?,44-,45-,46-,48?,49?,50?,51-,52-,53-/m1/s1. The zero-order valence-corrected chi connectivity index (χ0v) is 43.5. The van der Waals surface area contributed by atoms with Crippen molar-refractivity contribution in [2.45, 2.75) is 230 Å². The minimum Gasteiger partial charge on any atom is -0.462 e. The van der Waals surface area contributed by atoms with Crippen LogP contribution in [-0.4, -0.2) is 109 Å². The highest BCUT2D eigenvalue weighted by Crippen LogP contribution is 2.64. The van der Waals surface area contributed by atoms with E-state index in [1.54, 1.807) is 0 Å². The number of fused-ring (bicyclic) bond motifs is 6. The van der Waals surface area contributed by atoms with Crippen molar-refractivity contribution < 1.29 is 91.1 Å². The highest BCUT2D eigenvalue weighted by atomic mass is 17.3. The summed E-state index contributed by atoms with van der Waals surface area (Å²) in [5.41, 5.74) is -2.43. The molecule has 0 radical (unpaired) electrons. The van der Waals surface area contributed by atoms with Gasteiger partial charge in [-0.05, 0) is 126 Å². The highest BCUT2D eigenvalue weighted by molar-refractivity contribution is 5.71. The fourth-order valence-corrected chi connectivity index (χ4v) is 16.6. The van der Waals surface area contributed by atoms with Crippen molar-refractivity contribution in [1.29, 1.82) is 0 Å². The summed E-state index contributed by atoms with van der Waals surface area (Å²) in [5.74, 6) is -3.13. The van der Waals surface area contributed by atoms with Gasteiger partial charge in [0.15, 0.2) is 41.8 Å². The second kappa shape index (κ2) is 18.2. The molecule has 12 heterocycles. The van der Waals surface area contributed by atoms with Crippen molar-refractivity contribution in [1.82, 2.24) is 0 Å². The summed E-state index contributed by atoms with van der Waals surface area (Å²) in [6.07, 6.45) is 3.12. The Hall–Kier alpha value is -2.27. The molecule has 6 unspecified atom stereocenters. The van der Waals surface area contributed by atoms with E-state index in [9.17, 15) is 14.4 Å². The second-order valence-electron chi connectivity index (χ2n) is 25.0. The normalized spacial score (nSPS) is 54.1. The quantitative estimate of drug-likeness (QED) is 0.115. The first-order valence-electron chi connectivity index (χ1n) is 27.6. The fraction of sp³-hybridized carbons (Fsp3) is 0.943. The van der Waals surface area contributed by atoms with Gasteiger partial charge in [0.2, 0.25) is 23.7 Å². The number of rotatable bonds is 10. The van der Waals surface area contributed by atoms with Gasteiger partial charge in [0.1, 0.15) is 13.2 Å². The number of carbonyl (C=O) groups excluding carboxylic acids is 3. The van der Waals surface area contributed by atoms with Gasteiger partial charge in [0, 0.05) is 42.9 Å². The van der Waals surface area contributed by atoms with Gasteiger partial charge in [-0.15, -0.1) is 0 Å². The second-order valence-corrected chi connectivity index (χ2v) is 25.0. The van der Waals surface area contributed by atoms with Crippen molar-refractivity contribution in [3.63, 3.8) is 0 Å². The molecule has 15 rings (SSSR count). The van der Waals surface area contributed by atoms with Crippen LogP contribution in [0.25, 0.3) is 0 Å². The van der Waals surface area contributed by atoms with Gasteiger partial charge in [0.25, 0.3) is 0 Å². The van der Waals surface area contributed by atoms with E-state index in [-0.39, 0.29) is 66.1 Å². The molecule has 19 nitrogen and oxygen atoms in total. The molecular formula is C53H78O19. The summed E-state index contributed by atoms with van der Waals surface area (Å²) in [5, 5.41) is 0. The van der Waals surface area contributed by atoms with Crippen molar-refractivity contribution >= 4 is 18.1 Å². The maximum atomic E-state index is 14.0. The molecule has 0 amide bonds. The topological polar surface area (TPSA) is 199 Å². The number of esters is 2. The Morgan fingerprint density at radius 1 is 0.472 bits per heavy atom. The molecule has 0 aromatic rings. The van der Waals surface area contributed by atoms with Crippen LogP contribution in [0.2, 0.25) is 0 Å². The van der Waals surface area contributed by atoms with Gasteiger partial charge < -0.3 is 47.4 Å². The Labute approximate surface area is 422 Å². The fourth-order valence-electron chi connectivity index (χ4n) is 16.6. The van der Waals surface area contributed by atoms with E-state index in [0.717, 1.165) is 57.8 Å². The van der Waals surface area contributed by atoms with Gasteiger partial charge in [-0.3, -0.25) is 9.59 Å². The Balaban J connectivity index is 0.732. The molecule has 404 valence electrons. The molecule has 0 aromatic carbocycles. The molecule has 15 fully saturated rings. The molecule has 0 N–H and O–H groups in total. The Morgan fingerprint density at radius 3 is 1.25 bits per heavy atom. The van der Waals surface area contributed by atoms with Crippen LogP contribution < -0.4 is 0 Å². The molecule has 19 heteroatoms. The van der Waals surface area contributed by atoms with E-state index < -0.39 is 109 Å². The zero-order chi connectivity index (χ0) is 50.3. The van der Waals surface area contributed by atoms with Crippen LogP contribution >= 0.6 is 0 Å². The summed E-state index contributed by atoms with van der Waals surface area (Å²) >= 11 is 0. The molecule has 3 aliphatic carbocycles. The van der Waals surface area contributed by atoms with Crippen molar-refractivity contribution in [3.8, 4) is 0 Å². The van der Waals surface area contributed by atoms with E-state index in [0.29, 0.717) is 37.0 Å². The molecule has 6 bridgehead atoms. The number of hydrogen-bond acceptors (Lipinski definition) is 19. The SMILES string of the molecule is C[C@@H]1CC[C@H]2[C@@H](C)C(CC(=O)OCC(COC(=O)CC3O[C@@H]4OC5(C)CC[C@H]6[C@H](C)CC[C@@H]([C@H]3C)[C@@]46OO5)OC(=O)OC3O[C@@H]4OC5(C)CC[C@H]6[C@H](C)CC[C@@H]([C@H]3C)[C@@]46OO5)O[C@@H]3OC4(C)CC[C@@H]1[C@]32OO4. The molecule has 72 heavy (non-hydrogen) atoms. The van der Waals surface area contributed by atoms with Crippen LogP contribution in [0.3, 0.4) is 0 Å². The smallest absolute Gasteiger partial charge is 0.462 e. The molecule has 24 atom stereocenters. The summed E-state index contributed by atoms with van der Waals surface area (Å²) < 4.78 is 63.0. The van der Waals surface area contributed by atoms with Crippen molar-refractivity contribution in [2.75, 3.05) is 13.2 Å². The summed E-state index contributed by atoms with van der Waals surface area (Å²) in [7, 11) is 0. The third-order valence-corrected chi connectivity index (χ3v) is 20.8. The molecule has 15 aliphatic rings. The molecule has 12 saturated heterocycles. The van der Waals surface area contributed by atoms with E-state index in [1.165, 1.54) is 0 Å². The Bertz CT molecular complexity index is 2000. The third kappa shape index (κ3) is 7.95. The Morgan fingerprint density at radius 2 is 0.847 bits per heavy atom. The van der Waals surface area contributed by atoms with E-state index in [2.05, 4.69) is 34.6 Å². The molecular weight excluding hydrogens is 941 g/mol. The van der Waals surface area contributed by atoms with Crippen molar-refractivity contribution in [2.24, 2.45) is 71.0 Å². The zero-order valence-electron chi connectivity index (χ0n) is 43.5. The van der Waals surface area contributed by atoms with Crippen LogP contribution in [0.15, 0.2) is 0 Å². The maximum absolute atomic E-state index is 14.0. The Kier molecular flexibility index (Phi) is 12.8. The summed E-state index contributed by atoms with van der Waals surface area (Å²) in [6, 6.07) is 0.